The maximum atomic E-state index is 12.3. The SMILES string of the molecule is Cc1ccc(CN(C)C(=O)Cc2ccc(N3CCCC3=O)cc2)o1. The maximum Gasteiger partial charge on any atom is 0.227 e. The fourth-order valence-corrected chi connectivity index (χ4v) is 2.92. The van der Waals surface area contributed by atoms with E-state index in [-0.39, 0.29) is 11.8 Å². The molecule has 1 aliphatic rings. The summed E-state index contributed by atoms with van der Waals surface area (Å²) in [6, 6.07) is 11.5. The summed E-state index contributed by atoms with van der Waals surface area (Å²) in [6.45, 7) is 3.13. The van der Waals surface area contributed by atoms with Gasteiger partial charge < -0.3 is 14.2 Å². The lowest BCUT2D eigenvalue weighted by atomic mass is 10.1. The summed E-state index contributed by atoms with van der Waals surface area (Å²) in [4.78, 5) is 27.6. The summed E-state index contributed by atoms with van der Waals surface area (Å²) < 4.78 is 5.51. The predicted octanol–water partition coefficient (Wildman–Crippen LogP) is 2.92. The predicted molar refractivity (Wildman–Crippen MR) is 91.7 cm³/mol. The number of aryl methyl sites for hydroxylation is 1. The number of hydrogen-bond acceptors (Lipinski definition) is 3. The topological polar surface area (TPSA) is 53.8 Å². The number of carbonyl (C=O) groups excluding carboxylic acids is 2. The largest absolute Gasteiger partial charge is 0.464 e. The molecule has 1 saturated heterocycles. The van der Waals surface area contributed by atoms with Crippen LogP contribution in [0.15, 0.2) is 40.8 Å². The maximum absolute atomic E-state index is 12.3. The van der Waals surface area contributed by atoms with Crippen LogP contribution in [-0.2, 0) is 22.6 Å². The number of carbonyl (C=O) groups is 2. The van der Waals surface area contributed by atoms with Crippen molar-refractivity contribution < 1.29 is 14.0 Å². The van der Waals surface area contributed by atoms with E-state index >= 15 is 0 Å². The standard InChI is InChI=1S/C19H22N2O3/c1-14-5-10-17(24-14)13-20(2)19(23)12-15-6-8-16(9-7-15)21-11-3-4-18(21)22/h5-10H,3-4,11-13H2,1-2H3. The summed E-state index contributed by atoms with van der Waals surface area (Å²) in [7, 11) is 1.78. The van der Waals surface area contributed by atoms with Gasteiger partial charge in [0.25, 0.3) is 0 Å². The zero-order chi connectivity index (χ0) is 17.1. The average Bonchev–Trinajstić information content (AvgIpc) is 3.16. The third-order valence-electron chi connectivity index (χ3n) is 4.29. The molecule has 0 bridgehead atoms. The second-order valence-electron chi connectivity index (χ2n) is 6.25. The highest BCUT2D eigenvalue weighted by Gasteiger charge is 2.21. The van der Waals surface area contributed by atoms with Crippen molar-refractivity contribution in [2.24, 2.45) is 0 Å². The normalized spacial score (nSPS) is 14.2. The van der Waals surface area contributed by atoms with Crippen molar-refractivity contribution in [1.29, 1.82) is 0 Å². The smallest absolute Gasteiger partial charge is 0.227 e. The molecule has 0 N–H and O–H groups in total. The van der Waals surface area contributed by atoms with E-state index in [9.17, 15) is 9.59 Å². The van der Waals surface area contributed by atoms with Crippen molar-refractivity contribution in [3.63, 3.8) is 0 Å². The van der Waals surface area contributed by atoms with Crippen LogP contribution in [0.25, 0.3) is 0 Å². The first-order chi connectivity index (χ1) is 11.5. The Bertz CT molecular complexity index is 733. The number of rotatable bonds is 5. The van der Waals surface area contributed by atoms with Crippen LogP contribution in [0.4, 0.5) is 5.69 Å². The minimum atomic E-state index is 0.0362. The molecule has 0 unspecified atom stereocenters. The molecule has 1 aromatic carbocycles. The highest BCUT2D eigenvalue weighted by atomic mass is 16.3. The molecule has 24 heavy (non-hydrogen) atoms. The van der Waals surface area contributed by atoms with Gasteiger partial charge in [0.15, 0.2) is 0 Å². The van der Waals surface area contributed by atoms with Crippen molar-refractivity contribution in [2.75, 3.05) is 18.5 Å². The van der Waals surface area contributed by atoms with Crippen molar-refractivity contribution in [3.05, 3.63) is 53.5 Å². The molecule has 0 radical (unpaired) electrons. The van der Waals surface area contributed by atoms with Gasteiger partial charge in [-0.25, -0.2) is 0 Å². The zero-order valence-electron chi connectivity index (χ0n) is 14.1. The van der Waals surface area contributed by atoms with E-state index in [0.717, 1.165) is 35.7 Å². The third-order valence-corrected chi connectivity index (χ3v) is 4.29. The Hall–Kier alpha value is -2.56. The molecule has 5 nitrogen and oxygen atoms in total. The minimum absolute atomic E-state index is 0.0362. The van der Waals surface area contributed by atoms with Gasteiger partial charge in [-0.3, -0.25) is 9.59 Å². The molecule has 2 amide bonds. The molecule has 1 aliphatic heterocycles. The second kappa shape index (κ2) is 6.91. The first-order valence-corrected chi connectivity index (χ1v) is 8.21. The Labute approximate surface area is 141 Å². The van der Waals surface area contributed by atoms with Crippen LogP contribution in [0, 0.1) is 6.92 Å². The van der Waals surface area contributed by atoms with Gasteiger partial charge in [-0.2, -0.15) is 0 Å². The quantitative estimate of drug-likeness (QED) is 0.849. The first-order valence-electron chi connectivity index (χ1n) is 8.21. The summed E-state index contributed by atoms with van der Waals surface area (Å²) in [5, 5.41) is 0. The number of furan rings is 1. The molecule has 3 rings (SSSR count). The van der Waals surface area contributed by atoms with Gasteiger partial charge in [0.2, 0.25) is 11.8 Å². The number of amides is 2. The van der Waals surface area contributed by atoms with Crippen molar-refractivity contribution in [1.82, 2.24) is 4.90 Å². The fourth-order valence-electron chi connectivity index (χ4n) is 2.92. The van der Waals surface area contributed by atoms with E-state index in [1.807, 2.05) is 43.3 Å². The summed E-state index contributed by atoms with van der Waals surface area (Å²) in [5.74, 6) is 1.84. The number of nitrogens with zero attached hydrogens (tertiary/aromatic N) is 2. The number of anilines is 1. The zero-order valence-corrected chi connectivity index (χ0v) is 14.1. The lowest BCUT2D eigenvalue weighted by molar-refractivity contribution is -0.130. The Morgan fingerprint density at radius 1 is 1.21 bits per heavy atom. The molecular formula is C19H22N2O3. The summed E-state index contributed by atoms with van der Waals surface area (Å²) in [6.07, 6.45) is 1.87. The Morgan fingerprint density at radius 2 is 1.96 bits per heavy atom. The third kappa shape index (κ3) is 3.67. The van der Waals surface area contributed by atoms with E-state index in [4.69, 9.17) is 4.42 Å². The molecule has 0 spiro atoms. The lowest BCUT2D eigenvalue weighted by Gasteiger charge is -2.17. The van der Waals surface area contributed by atoms with Gasteiger partial charge in [0.1, 0.15) is 11.5 Å². The minimum Gasteiger partial charge on any atom is -0.464 e. The molecule has 1 aromatic heterocycles. The van der Waals surface area contributed by atoms with Crippen LogP contribution in [0.2, 0.25) is 0 Å². The van der Waals surface area contributed by atoms with Crippen molar-refractivity contribution in [3.8, 4) is 0 Å². The highest BCUT2D eigenvalue weighted by molar-refractivity contribution is 5.95. The van der Waals surface area contributed by atoms with Crippen LogP contribution in [0.1, 0.15) is 29.9 Å². The van der Waals surface area contributed by atoms with Gasteiger partial charge >= 0.3 is 0 Å². The van der Waals surface area contributed by atoms with E-state index in [2.05, 4.69) is 0 Å². The average molecular weight is 326 g/mol. The van der Waals surface area contributed by atoms with Crippen molar-refractivity contribution in [2.45, 2.75) is 32.7 Å². The molecule has 2 heterocycles. The number of hydrogen-bond donors (Lipinski definition) is 0. The monoisotopic (exact) mass is 326 g/mol. The molecule has 5 heteroatoms. The Balaban J connectivity index is 1.58. The molecule has 0 atom stereocenters. The molecule has 1 fully saturated rings. The summed E-state index contributed by atoms with van der Waals surface area (Å²) in [5.41, 5.74) is 1.85. The Morgan fingerprint density at radius 3 is 2.54 bits per heavy atom. The first kappa shape index (κ1) is 16.3. The van der Waals surface area contributed by atoms with Gasteiger partial charge in [-0.1, -0.05) is 12.1 Å². The number of likely N-dealkylation sites (N-methyl/N-ethyl adjacent to an activating group) is 1. The van der Waals surface area contributed by atoms with E-state index in [1.54, 1.807) is 16.8 Å². The van der Waals surface area contributed by atoms with Crippen molar-refractivity contribution >= 4 is 17.5 Å². The second-order valence-corrected chi connectivity index (χ2v) is 6.25. The van der Waals surface area contributed by atoms with Gasteiger partial charge in [0.05, 0.1) is 13.0 Å². The van der Waals surface area contributed by atoms with Crippen LogP contribution >= 0.6 is 0 Å². The van der Waals surface area contributed by atoms with Gasteiger partial charge in [-0.05, 0) is 43.2 Å². The highest BCUT2D eigenvalue weighted by Crippen LogP contribution is 2.22. The summed E-state index contributed by atoms with van der Waals surface area (Å²) >= 11 is 0. The molecule has 0 aliphatic carbocycles. The fraction of sp³-hybridized carbons (Fsp3) is 0.368. The van der Waals surface area contributed by atoms with E-state index < -0.39 is 0 Å². The molecular weight excluding hydrogens is 304 g/mol. The Kier molecular flexibility index (Phi) is 4.69. The molecule has 126 valence electrons. The van der Waals surface area contributed by atoms with Crippen LogP contribution < -0.4 is 4.90 Å². The van der Waals surface area contributed by atoms with Gasteiger partial charge in [-0.15, -0.1) is 0 Å². The molecule has 2 aromatic rings. The lowest BCUT2D eigenvalue weighted by Crippen LogP contribution is -2.27. The van der Waals surface area contributed by atoms with Gasteiger partial charge in [0, 0.05) is 25.7 Å². The van der Waals surface area contributed by atoms with Crippen LogP contribution in [0.3, 0.4) is 0 Å². The molecule has 0 saturated carbocycles. The number of benzene rings is 1. The van der Waals surface area contributed by atoms with E-state index in [0.29, 0.717) is 19.4 Å². The van der Waals surface area contributed by atoms with Crippen LogP contribution in [0.5, 0.6) is 0 Å². The van der Waals surface area contributed by atoms with Crippen LogP contribution in [-0.4, -0.2) is 30.3 Å². The van der Waals surface area contributed by atoms with E-state index in [1.165, 1.54) is 0 Å².